The summed E-state index contributed by atoms with van der Waals surface area (Å²) in [5.74, 6) is 0. The number of nitrogens with one attached hydrogen (secondary N) is 1. The van der Waals surface area contributed by atoms with E-state index in [4.69, 9.17) is 4.74 Å². The van der Waals surface area contributed by atoms with Crippen LogP contribution in [0.3, 0.4) is 0 Å². The Balaban J connectivity index is 1.84. The van der Waals surface area contributed by atoms with E-state index < -0.39 is 6.09 Å². The number of nitrogens with zero attached hydrogens (tertiary/aromatic N) is 1. The minimum absolute atomic E-state index is 0.193. The predicted octanol–water partition coefficient (Wildman–Crippen LogP) is 2.70. The van der Waals surface area contributed by atoms with Crippen molar-refractivity contribution in [2.45, 2.75) is 6.61 Å². The number of amides is 1. The zero-order valence-electron chi connectivity index (χ0n) is 9.33. The molecule has 0 aliphatic carbocycles. The Hall–Kier alpha value is -2.21. The third-order valence-corrected chi connectivity index (χ3v) is 2.84. The van der Waals surface area contributed by atoms with Gasteiger partial charge in [-0.3, -0.25) is 10.1 Å². The summed E-state index contributed by atoms with van der Waals surface area (Å²) in [4.78, 5) is 25.7. The van der Waals surface area contributed by atoms with Crippen LogP contribution in [0, 0.1) is 0 Å². The van der Waals surface area contributed by atoms with Crippen molar-refractivity contribution in [2.24, 2.45) is 0 Å². The van der Waals surface area contributed by atoms with Gasteiger partial charge in [-0.05, 0) is 5.56 Å². The van der Waals surface area contributed by atoms with Gasteiger partial charge in [0.1, 0.15) is 12.3 Å². The zero-order valence-corrected chi connectivity index (χ0v) is 10.1. The Bertz CT molecular complexity index is 539. The van der Waals surface area contributed by atoms with E-state index in [2.05, 4.69) is 10.3 Å². The van der Waals surface area contributed by atoms with Crippen LogP contribution in [0.25, 0.3) is 0 Å². The van der Waals surface area contributed by atoms with Gasteiger partial charge in [0.05, 0.1) is 0 Å². The molecule has 0 aliphatic heterocycles. The summed E-state index contributed by atoms with van der Waals surface area (Å²) in [7, 11) is 0. The fourth-order valence-corrected chi connectivity index (χ4v) is 1.89. The van der Waals surface area contributed by atoms with E-state index in [0.717, 1.165) is 5.56 Å². The maximum Gasteiger partial charge on any atom is 0.413 e. The van der Waals surface area contributed by atoms with Gasteiger partial charge in [0, 0.05) is 5.38 Å². The first-order valence-electron chi connectivity index (χ1n) is 5.16. The average molecular weight is 262 g/mol. The lowest BCUT2D eigenvalue weighted by Gasteiger charge is -2.04. The first kappa shape index (κ1) is 12.3. The second-order valence-corrected chi connectivity index (χ2v) is 4.24. The number of thiazole rings is 1. The number of carbonyl (C=O) groups excluding carboxylic acids is 2. The molecule has 1 aromatic carbocycles. The lowest BCUT2D eigenvalue weighted by molar-refractivity contribution is 0.111. The van der Waals surface area contributed by atoms with Crippen molar-refractivity contribution in [2.75, 3.05) is 5.32 Å². The van der Waals surface area contributed by atoms with Crippen LogP contribution in [0.5, 0.6) is 0 Å². The van der Waals surface area contributed by atoms with Crippen LogP contribution in [0.4, 0.5) is 9.93 Å². The van der Waals surface area contributed by atoms with Gasteiger partial charge in [0.25, 0.3) is 0 Å². The Kier molecular flexibility index (Phi) is 4.03. The normalized spacial score (nSPS) is 9.78. The molecule has 0 saturated heterocycles. The van der Waals surface area contributed by atoms with Crippen LogP contribution in [0.2, 0.25) is 0 Å². The van der Waals surface area contributed by atoms with E-state index in [-0.39, 0.29) is 6.61 Å². The first-order chi connectivity index (χ1) is 8.78. The topological polar surface area (TPSA) is 68.3 Å². The number of hydrogen-bond acceptors (Lipinski definition) is 5. The molecule has 0 radical (unpaired) electrons. The smallest absolute Gasteiger partial charge is 0.413 e. The van der Waals surface area contributed by atoms with Gasteiger partial charge < -0.3 is 4.74 Å². The number of aldehydes is 1. The Morgan fingerprint density at radius 2 is 2.17 bits per heavy atom. The van der Waals surface area contributed by atoms with Gasteiger partial charge in [-0.15, -0.1) is 11.3 Å². The van der Waals surface area contributed by atoms with Crippen molar-refractivity contribution in [1.82, 2.24) is 4.98 Å². The zero-order chi connectivity index (χ0) is 12.8. The van der Waals surface area contributed by atoms with E-state index in [1.807, 2.05) is 30.3 Å². The van der Waals surface area contributed by atoms with E-state index >= 15 is 0 Å². The maximum absolute atomic E-state index is 11.4. The highest BCUT2D eigenvalue weighted by molar-refractivity contribution is 7.14. The van der Waals surface area contributed by atoms with Gasteiger partial charge in [0.15, 0.2) is 11.4 Å². The largest absolute Gasteiger partial charge is 0.444 e. The fourth-order valence-electron chi connectivity index (χ4n) is 1.24. The molecule has 1 amide bonds. The number of hydrogen-bond donors (Lipinski definition) is 1. The number of aromatic nitrogens is 1. The molecular weight excluding hydrogens is 252 g/mol. The molecule has 2 aromatic rings. The molecule has 0 spiro atoms. The molecule has 2 rings (SSSR count). The van der Waals surface area contributed by atoms with Crippen molar-refractivity contribution in [3.8, 4) is 0 Å². The number of carbonyl (C=O) groups is 2. The molecular formula is C12H10N2O3S. The van der Waals surface area contributed by atoms with Gasteiger partial charge in [0.2, 0.25) is 0 Å². The molecule has 0 bridgehead atoms. The van der Waals surface area contributed by atoms with Crippen LogP contribution < -0.4 is 5.32 Å². The van der Waals surface area contributed by atoms with Crippen LogP contribution in [0.1, 0.15) is 16.1 Å². The SMILES string of the molecule is O=Cc1csc(NC(=O)OCc2ccccc2)n1. The number of ether oxygens (including phenoxy) is 1. The van der Waals surface area contributed by atoms with Crippen molar-refractivity contribution >= 4 is 28.8 Å². The summed E-state index contributed by atoms with van der Waals surface area (Å²) < 4.78 is 5.00. The summed E-state index contributed by atoms with van der Waals surface area (Å²) in [6, 6.07) is 9.35. The molecule has 0 aliphatic rings. The molecule has 1 heterocycles. The molecule has 0 atom stereocenters. The summed E-state index contributed by atoms with van der Waals surface area (Å²) in [5, 5.41) is 4.35. The molecule has 0 saturated carbocycles. The monoisotopic (exact) mass is 262 g/mol. The second-order valence-electron chi connectivity index (χ2n) is 3.38. The molecule has 92 valence electrons. The van der Waals surface area contributed by atoms with Gasteiger partial charge in [-0.2, -0.15) is 0 Å². The minimum Gasteiger partial charge on any atom is -0.444 e. The number of anilines is 1. The lowest BCUT2D eigenvalue weighted by Crippen LogP contribution is -2.13. The second kappa shape index (κ2) is 5.92. The van der Waals surface area contributed by atoms with Gasteiger partial charge in [-0.1, -0.05) is 30.3 Å². The lowest BCUT2D eigenvalue weighted by atomic mass is 10.2. The highest BCUT2D eigenvalue weighted by Gasteiger charge is 2.07. The molecule has 5 nitrogen and oxygen atoms in total. The Morgan fingerprint density at radius 3 is 2.83 bits per heavy atom. The number of rotatable bonds is 4. The Labute approximate surface area is 107 Å². The third-order valence-electron chi connectivity index (χ3n) is 2.06. The minimum atomic E-state index is -0.592. The van der Waals surface area contributed by atoms with Crippen molar-refractivity contribution in [1.29, 1.82) is 0 Å². The average Bonchev–Trinajstić information content (AvgIpc) is 2.85. The molecule has 0 fully saturated rings. The summed E-state index contributed by atoms with van der Waals surface area (Å²) in [6.45, 7) is 0.193. The first-order valence-corrected chi connectivity index (χ1v) is 6.04. The summed E-state index contributed by atoms with van der Waals surface area (Å²) in [6.07, 6.45) is 0.0300. The van der Waals surface area contributed by atoms with E-state index in [9.17, 15) is 9.59 Å². The molecule has 6 heteroatoms. The van der Waals surface area contributed by atoms with Crippen LogP contribution in [-0.2, 0) is 11.3 Å². The standard InChI is InChI=1S/C12H10N2O3S/c15-6-10-8-18-11(13-10)14-12(16)17-7-9-4-2-1-3-5-9/h1-6,8H,7H2,(H,13,14,16). The summed E-state index contributed by atoms with van der Waals surface area (Å²) >= 11 is 1.17. The molecule has 1 aromatic heterocycles. The van der Waals surface area contributed by atoms with Gasteiger partial charge in [-0.25, -0.2) is 9.78 Å². The van der Waals surface area contributed by atoms with Crippen molar-refractivity contribution in [3.63, 3.8) is 0 Å². The summed E-state index contributed by atoms with van der Waals surface area (Å²) in [5.41, 5.74) is 1.19. The highest BCUT2D eigenvalue weighted by atomic mass is 32.1. The van der Waals surface area contributed by atoms with E-state index in [1.165, 1.54) is 11.3 Å². The van der Waals surface area contributed by atoms with E-state index in [1.54, 1.807) is 5.38 Å². The van der Waals surface area contributed by atoms with Crippen molar-refractivity contribution in [3.05, 3.63) is 47.0 Å². The maximum atomic E-state index is 11.4. The highest BCUT2D eigenvalue weighted by Crippen LogP contribution is 2.14. The van der Waals surface area contributed by atoms with Crippen LogP contribution >= 0.6 is 11.3 Å². The van der Waals surface area contributed by atoms with E-state index in [0.29, 0.717) is 17.1 Å². The quantitative estimate of drug-likeness (QED) is 0.860. The van der Waals surface area contributed by atoms with Crippen LogP contribution in [0.15, 0.2) is 35.7 Å². The predicted molar refractivity (Wildman–Crippen MR) is 67.8 cm³/mol. The van der Waals surface area contributed by atoms with Crippen LogP contribution in [-0.4, -0.2) is 17.4 Å². The molecule has 0 unspecified atom stereocenters. The Morgan fingerprint density at radius 1 is 1.39 bits per heavy atom. The number of benzene rings is 1. The molecule has 1 N–H and O–H groups in total. The third kappa shape index (κ3) is 3.39. The molecule has 18 heavy (non-hydrogen) atoms. The van der Waals surface area contributed by atoms with Crippen molar-refractivity contribution < 1.29 is 14.3 Å². The fraction of sp³-hybridized carbons (Fsp3) is 0.0833. The van der Waals surface area contributed by atoms with Gasteiger partial charge >= 0.3 is 6.09 Å².